The second kappa shape index (κ2) is 9.47. The van der Waals surface area contributed by atoms with Crippen LogP contribution in [0.5, 0.6) is 0 Å². The predicted molar refractivity (Wildman–Crippen MR) is 120 cm³/mol. The zero-order valence-electron chi connectivity index (χ0n) is 17.8. The average Bonchev–Trinajstić information content (AvgIpc) is 3.07. The lowest BCUT2D eigenvalue weighted by atomic mass is 9.94. The number of quaternary nitrogens is 1. The van der Waals surface area contributed by atoms with E-state index in [-0.39, 0.29) is 5.60 Å². The van der Waals surface area contributed by atoms with E-state index in [1.807, 2.05) is 0 Å². The third-order valence-electron chi connectivity index (χ3n) is 5.54. The van der Waals surface area contributed by atoms with Gasteiger partial charge in [-0.05, 0) is 25.8 Å². The molecule has 6 nitrogen and oxygen atoms in total. The molecule has 4 rings (SSSR count). The van der Waals surface area contributed by atoms with E-state index in [1.165, 1.54) is 22.4 Å². The van der Waals surface area contributed by atoms with Crippen LogP contribution in [-0.4, -0.2) is 60.7 Å². The highest BCUT2D eigenvalue weighted by molar-refractivity contribution is 7.99. The number of fused-ring (bicyclic) bond motifs is 3. The van der Waals surface area contributed by atoms with E-state index in [9.17, 15) is 0 Å². The van der Waals surface area contributed by atoms with Gasteiger partial charge in [0.2, 0.25) is 0 Å². The lowest BCUT2D eigenvalue weighted by Gasteiger charge is -2.30. The summed E-state index contributed by atoms with van der Waals surface area (Å²) in [6.07, 6.45) is 3.18. The van der Waals surface area contributed by atoms with Crippen LogP contribution in [0.3, 0.4) is 0 Å². The Bertz CT molecular complexity index is 834. The molecule has 0 bridgehead atoms. The van der Waals surface area contributed by atoms with Gasteiger partial charge in [0, 0.05) is 30.0 Å². The van der Waals surface area contributed by atoms with Crippen molar-refractivity contribution in [3.8, 4) is 0 Å². The van der Waals surface area contributed by atoms with Crippen LogP contribution in [0, 0.1) is 0 Å². The van der Waals surface area contributed by atoms with E-state index in [1.54, 1.807) is 28.0 Å². The van der Waals surface area contributed by atoms with Crippen LogP contribution in [0.2, 0.25) is 0 Å². The number of thiophene rings is 1. The Morgan fingerprint density at radius 3 is 2.86 bits per heavy atom. The monoisotopic (exact) mass is 437 g/mol. The summed E-state index contributed by atoms with van der Waals surface area (Å²) in [7, 11) is 0. The Kier molecular flexibility index (Phi) is 6.96. The van der Waals surface area contributed by atoms with Crippen molar-refractivity contribution in [1.82, 2.24) is 9.97 Å². The molecule has 0 atom stereocenters. The number of anilines is 1. The molecule has 4 heterocycles. The highest BCUT2D eigenvalue weighted by Crippen LogP contribution is 2.41. The zero-order chi connectivity index (χ0) is 20.3. The average molecular weight is 438 g/mol. The number of hydrogen-bond donors (Lipinski definition) is 2. The quantitative estimate of drug-likeness (QED) is 0.376. The van der Waals surface area contributed by atoms with Gasteiger partial charge in [-0.3, -0.25) is 0 Å². The van der Waals surface area contributed by atoms with E-state index in [2.05, 4.69) is 26.1 Å². The molecule has 0 spiro atoms. The number of thioether (sulfide) groups is 1. The SMILES string of the molecule is CCCSc1nc(NCCC[NH+]2CCOCC2)c2c3c(sc2n1)COC(C)(C)C3. The number of hydrogen-bond acceptors (Lipinski definition) is 7. The third-order valence-corrected chi connectivity index (χ3v) is 7.70. The number of nitrogens with one attached hydrogen (secondary N) is 2. The summed E-state index contributed by atoms with van der Waals surface area (Å²) in [6.45, 7) is 13.4. The molecule has 2 aromatic rings. The molecule has 8 heteroatoms. The molecule has 29 heavy (non-hydrogen) atoms. The Labute approximate surface area is 181 Å². The largest absolute Gasteiger partial charge is 0.370 e. The van der Waals surface area contributed by atoms with Crippen molar-refractivity contribution in [1.29, 1.82) is 0 Å². The summed E-state index contributed by atoms with van der Waals surface area (Å²) >= 11 is 3.53. The third kappa shape index (κ3) is 5.22. The first-order valence-electron chi connectivity index (χ1n) is 10.8. The Balaban J connectivity index is 1.53. The lowest BCUT2D eigenvalue weighted by molar-refractivity contribution is -0.908. The van der Waals surface area contributed by atoms with Crippen LogP contribution in [0.1, 0.15) is 44.1 Å². The molecule has 2 N–H and O–H groups in total. The Morgan fingerprint density at radius 2 is 2.07 bits per heavy atom. The summed E-state index contributed by atoms with van der Waals surface area (Å²) in [5.41, 5.74) is 1.25. The standard InChI is InChI=1S/C21H32N4O2S2/c1-4-12-28-20-23-18(22-6-5-7-25-8-10-26-11-9-25)17-15-13-21(2,3)27-14-16(15)29-19(17)24-20/h4-14H2,1-3H3,(H,22,23,24)/p+1. The maximum Gasteiger partial charge on any atom is 0.190 e. The van der Waals surface area contributed by atoms with Crippen molar-refractivity contribution in [3.05, 3.63) is 10.4 Å². The Hall–Kier alpha value is -0.930. The molecular formula is C21H33N4O2S2+. The van der Waals surface area contributed by atoms with E-state index < -0.39 is 0 Å². The van der Waals surface area contributed by atoms with Crippen molar-refractivity contribution >= 4 is 39.1 Å². The van der Waals surface area contributed by atoms with Gasteiger partial charge in [0.05, 0.1) is 37.4 Å². The molecule has 2 aliphatic rings. The van der Waals surface area contributed by atoms with Gasteiger partial charge in [0.1, 0.15) is 23.7 Å². The topological polar surface area (TPSA) is 60.7 Å². The fraction of sp³-hybridized carbons (Fsp3) is 0.714. The van der Waals surface area contributed by atoms with Gasteiger partial charge in [-0.15, -0.1) is 11.3 Å². The van der Waals surface area contributed by atoms with Crippen molar-refractivity contribution in [3.63, 3.8) is 0 Å². The normalized spacial score (nSPS) is 19.4. The molecule has 0 aliphatic carbocycles. The fourth-order valence-electron chi connectivity index (χ4n) is 3.97. The van der Waals surface area contributed by atoms with E-state index >= 15 is 0 Å². The van der Waals surface area contributed by atoms with Crippen LogP contribution in [0.25, 0.3) is 10.2 Å². The minimum atomic E-state index is -0.131. The maximum atomic E-state index is 6.05. The summed E-state index contributed by atoms with van der Waals surface area (Å²) in [5, 5.41) is 5.78. The summed E-state index contributed by atoms with van der Waals surface area (Å²) in [5.74, 6) is 2.06. The number of aromatic nitrogens is 2. The maximum absolute atomic E-state index is 6.05. The van der Waals surface area contributed by atoms with Crippen molar-refractivity contribution in [2.45, 2.75) is 57.4 Å². The van der Waals surface area contributed by atoms with Gasteiger partial charge in [-0.25, -0.2) is 9.97 Å². The molecular weight excluding hydrogens is 404 g/mol. The molecule has 160 valence electrons. The first kappa shape index (κ1) is 21.3. The number of rotatable bonds is 8. The van der Waals surface area contributed by atoms with Crippen LogP contribution in [0.15, 0.2) is 5.16 Å². The van der Waals surface area contributed by atoms with E-state index in [0.29, 0.717) is 6.61 Å². The van der Waals surface area contributed by atoms with Gasteiger partial charge < -0.3 is 19.7 Å². The molecule has 1 saturated heterocycles. The minimum Gasteiger partial charge on any atom is -0.370 e. The van der Waals surface area contributed by atoms with Crippen molar-refractivity contribution in [2.75, 3.05) is 50.5 Å². The molecule has 0 amide bonds. The van der Waals surface area contributed by atoms with Gasteiger partial charge in [0.15, 0.2) is 5.16 Å². The van der Waals surface area contributed by atoms with Gasteiger partial charge in [0.25, 0.3) is 0 Å². The minimum absolute atomic E-state index is 0.131. The van der Waals surface area contributed by atoms with Crippen molar-refractivity contribution < 1.29 is 14.4 Å². The van der Waals surface area contributed by atoms with Gasteiger partial charge in [-0.1, -0.05) is 18.7 Å². The molecule has 1 fully saturated rings. The fourth-order valence-corrected chi connectivity index (χ4v) is 5.83. The lowest BCUT2D eigenvalue weighted by Crippen LogP contribution is -3.14. The summed E-state index contributed by atoms with van der Waals surface area (Å²) in [4.78, 5) is 13.9. The smallest absolute Gasteiger partial charge is 0.190 e. The van der Waals surface area contributed by atoms with Crippen LogP contribution in [0.4, 0.5) is 5.82 Å². The molecule has 2 aromatic heterocycles. The number of nitrogens with zero attached hydrogens (tertiary/aromatic N) is 2. The molecule has 0 unspecified atom stereocenters. The molecule has 0 saturated carbocycles. The van der Waals surface area contributed by atoms with Crippen molar-refractivity contribution in [2.24, 2.45) is 0 Å². The van der Waals surface area contributed by atoms with E-state index in [0.717, 1.165) is 73.7 Å². The summed E-state index contributed by atoms with van der Waals surface area (Å²) in [6, 6.07) is 0. The van der Waals surface area contributed by atoms with Crippen LogP contribution >= 0.6 is 23.1 Å². The summed E-state index contributed by atoms with van der Waals surface area (Å²) < 4.78 is 11.5. The number of ether oxygens (including phenoxy) is 2. The predicted octanol–water partition coefficient (Wildman–Crippen LogP) is 2.76. The van der Waals surface area contributed by atoms with Crippen LogP contribution < -0.4 is 10.2 Å². The van der Waals surface area contributed by atoms with Gasteiger partial charge in [-0.2, -0.15) is 0 Å². The number of morpholine rings is 1. The van der Waals surface area contributed by atoms with Gasteiger partial charge >= 0.3 is 0 Å². The molecule has 0 radical (unpaired) electrons. The first-order chi connectivity index (χ1) is 14.1. The zero-order valence-corrected chi connectivity index (χ0v) is 19.4. The second-order valence-corrected chi connectivity index (χ2v) is 10.7. The van der Waals surface area contributed by atoms with Crippen LogP contribution in [-0.2, 0) is 22.5 Å². The first-order valence-corrected chi connectivity index (χ1v) is 12.6. The molecule has 2 aliphatic heterocycles. The Morgan fingerprint density at radius 1 is 1.24 bits per heavy atom. The highest BCUT2D eigenvalue weighted by atomic mass is 32.2. The highest BCUT2D eigenvalue weighted by Gasteiger charge is 2.31. The van der Waals surface area contributed by atoms with E-state index in [4.69, 9.17) is 19.4 Å². The second-order valence-electron chi connectivity index (χ2n) is 8.51. The molecule has 0 aromatic carbocycles.